The van der Waals surface area contributed by atoms with E-state index in [9.17, 15) is 9.90 Å². The van der Waals surface area contributed by atoms with Gasteiger partial charge in [-0.15, -0.1) is 0 Å². The highest BCUT2D eigenvalue weighted by atomic mass is 35.5. The van der Waals surface area contributed by atoms with E-state index in [1.54, 1.807) is 36.1 Å². The molecule has 0 aliphatic carbocycles. The summed E-state index contributed by atoms with van der Waals surface area (Å²) >= 11 is 12.3. The standard InChI is InChI=1S/C22H19Cl2N5O3/c1-11(30)8-29-9-17(15-6-25-21(27-22(15)29)16-7-26-28-20(16)24)19(31)13-4-12-5-14(23)2-3-18(12)32-10-13/h2-3,5-7,9,11,13,30H,4,8,10H2,1H3,(H,26,28)/t11-,13-/m0/s1. The second-order valence-electron chi connectivity index (χ2n) is 7.90. The van der Waals surface area contributed by atoms with Gasteiger partial charge in [-0.3, -0.25) is 9.89 Å². The molecule has 10 heteroatoms. The molecule has 32 heavy (non-hydrogen) atoms. The number of carbonyl (C=O) groups excluding carboxylic acids is 1. The lowest BCUT2D eigenvalue weighted by Crippen LogP contribution is -2.28. The van der Waals surface area contributed by atoms with Crippen LogP contribution in [-0.2, 0) is 13.0 Å². The average Bonchev–Trinajstić information content (AvgIpc) is 3.35. The number of H-pyrrole nitrogens is 1. The van der Waals surface area contributed by atoms with E-state index in [-0.39, 0.29) is 24.9 Å². The molecule has 0 saturated heterocycles. The first kappa shape index (κ1) is 20.9. The van der Waals surface area contributed by atoms with Crippen LogP contribution < -0.4 is 4.74 Å². The van der Waals surface area contributed by atoms with Crippen molar-refractivity contribution in [3.05, 3.63) is 58.1 Å². The molecule has 5 rings (SSSR count). The molecular weight excluding hydrogens is 453 g/mol. The topological polar surface area (TPSA) is 106 Å². The van der Waals surface area contributed by atoms with Crippen LogP contribution in [0.25, 0.3) is 22.4 Å². The first-order valence-electron chi connectivity index (χ1n) is 10.1. The summed E-state index contributed by atoms with van der Waals surface area (Å²) in [7, 11) is 0. The molecule has 4 aromatic rings. The molecule has 0 spiro atoms. The highest BCUT2D eigenvalue weighted by molar-refractivity contribution is 6.32. The summed E-state index contributed by atoms with van der Waals surface area (Å²) in [5.74, 6) is 0.696. The molecular formula is C22H19Cl2N5O3. The number of aliphatic hydroxyl groups excluding tert-OH is 1. The van der Waals surface area contributed by atoms with Gasteiger partial charge < -0.3 is 14.4 Å². The fourth-order valence-electron chi connectivity index (χ4n) is 4.00. The lowest BCUT2D eigenvalue weighted by molar-refractivity contribution is 0.0856. The molecule has 2 N–H and O–H groups in total. The molecule has 0 saturated carbocycles. The van der Waals surface area contributed by atoms with Gasteiger partial charge in [0.15, 0.2) is 11.6 Å². The van der Waals surface area contributed by atoms with Crippen LogP contribution in [0.4, 0.5) is 0 Å². The molecule has 3 aromatic heterocycles. The average molecular weight is 472 g/mol. The number of ketones is 1. The summed E-state index contributed by atoms with van der Waals surface area (Å²) in [6.07, 6.45) is 4.78. The molecule has 8 nitrogen and oxygen atoms in total. The van der Waals surface area contributed by atoms with E-state index in [1.165, 1.54) is 0 Å². The summed E-state index contributed by atoms with van der Waals surface area (Å²) in [6.45, 7) is 2.23. The minimum Gasteiger partial charge on any atom is -0.493 e. The number of aromatic amines is 1. The van der Waals surface area contributed by atoms with Crippen molar-refractivity contribution < 1.29 is 14.6 Å². The fourth-order valence-corrected chi connectivity index (χ4v) is 4.37. The van der Waals surface area contributed by atoms with E-state index in [1.807, 2.05) is 12.1 Å². The zero-order chi connectivity index (χ0) is 22.4. The predicted octanol–water partition coefficient (Wildman–Crippen LogP) is 3.94. The number of halogens is 2. The summed E-state index contributed by atoms with van der Waals surface area (Å²) in [6, 6.07) is 5.42. The lowest BCUT2D eigenvalue weighted by atomic mass is 9.90. The Morgan fingerprint density at radius 1 is 1.38 bits per heavy atom. The number of nitrogens with zero attached hydrogens (tertiary/aromatic N) is 4. The van der Waals surface area contributed by atoms with E-state index in [4.69, 9.17) is 27.9 Å². The Kier molecular flexibility index (Phi) is 5.36. The third-order valence-electron chi connectivity index (χ3n) is 5.48. The van der Waals surface area contributed by atoms with Crippen LogP contribution in [0.3, 0.4) is 0 Å². The van der Waals surface area contributed by atoms with Crippen LogP contribution in [0.1, 0.15) is 22.8 Å². The van der Waals surface area contributed by atoms with Crippen LogP contribution in [-0.4, -0.2) is 48.3 Å². The Morgan fingerprint density at radius 3 is 2.97 bits per heavy atom. The van der Waals surface area contributed by atoms with Gasteiger partial charge in [0.1, 0.15) is 16.5 Å². The third kappa shape index (κ3) is 3.74. The maximum atomic E-state index is 13.5. The highest BCUT2D eigenvalue weighted by Crippen LogP contribution is 2.33. The molecule has 1 aliphatic heterocycles. The second-order valence-corrected chi connectivity index (χ2v) is 8.72. The largest absolute Gasteiger partial charge is 0.493 e. The molecule has 0 amide bonds. The number of aromatic nitrogens is 5. The Hall–Kier alpha value is -2.94. The van der Waals surface area contributed by atoms with Crippen LogP contribution in [0.2, 0.25) is 10.2 Å². The number of Topliss-reactive ketones (excluding diaryl/α,β-unsaturated/α-hetero) is 1. The molecule has 4 heterocycles. The first-order chi connectivity index (χ1) is 15.4. The maximum Gasteiger partial charge on any atom is 0.171 e. The number of carbonyl (C=O) groups is 1. The van der Waals surface area contributed by atoms with E-state index in [2.05, 4.69) is 20.2 Å². The van der Waals surface area contributed by atoms with Crippen molar-refractivity contribution in [2.24, 2.45) is 5.92 Å². The molecule has 0 bridgehead atoms. The van der Waals surface area contributed by atoms with Crippen LogP contribution in [0, 0.1) is 5.92 Å². The van der Waals surface area contributed by atoms with Gasteiger partial charge in [0.2, 0.25) is 0 Å². The van der Waals surface area contributed by atoms with Gasteiger partial charge in [-0.05, 0) is 37.1 Å². The van der Waals surface area contributed by atoms with Crippen molar-refractivity contribution in [2.45, 2.75) is 26.0 Å². The maximum absolute atomic E-state index is 13.5. The summed E-state index contributed by atoms with van der Waals surface area (Å²) in [4.78, 5) is 22.5. The van der Waals surface area contributed by atoms with E-state index >= 15 is 0 Å². The first-order valence-corrected chi connectivity index (χ1v) is 10.8. The minimum atomic E-state index is -0.628. The molecule has 0 unspecified atom stereocenters. The van der Waals surface area contributed by atoms with Crippen LogP contribution in [0.5, 0.6) is 5.75 Å². The molecule has 1 aliphatic rings. The Morgan fingerprint density at radius 2 is 2.22 bits per heavy atom. The SMILES string of the molecule is C[C@H](O)Cn1cc(C(=O)[C@@H]2COc3ccc(Cl)cc3C2)c2cnc(-c3cn[nH]c3Cl)nc21. The third-order valence-corrected chi connectivity index (χ3v) is 6.00. The van der Waals surface area contributed by atoms with E-state index in [0.717, 1.165) is 11.3 Å². The molecule has 2 atom stereocenters. The zero-order valence-electron chi connectivity index (χ0n) is 17.0. The van der Waals surface area contributed by atoms with Crippen molar-refractivity contribution >= 4 is 40.0 Å². The summed E-state index contributed by atoms with van der Waals surface area (Å²) in [5.41, 5.74) is 2.49. The minimum absolute atomic E-state index is 0.0670. The van der Waals surface area contributed by atoms with E-state index < -0.39 is 6.10 Å². The monoisotopic (exact) mass is 471 g/mol. The Bertz CT molecular complexity index is 1330. The fraction of sp³-hybridized carbons (Fsp3) is 0.273. The normalized spacial score (nSPS) is 16.6. The number of ether oxygens (including phenoxy) is 1. The van der Waals surface area contributed by atoms with Gasteiger partial charge in [-0.1, -0.05) is 23.2 Å². The summed E-state index contributed by atoms with van der Waals surface area (Å²) in [5, 5.41) is 18.1. The molecule has 0 radical (unpaired) electrons. The van der Waals surface area contributed by atoms with Crippen LogP contribution in [0.15, 0.2) is 36.8 Å². The van der Waals surface area contributed by atoms with Crippen LogP contribution >= 0.6 is 23.2 Å². The van der Waals surface area contributed by atoms with Crippen molar-refractivity contribution in [3.63, 3.8) is 0 Å². The van der Waals surface area contributed by atoms with E-state index in [0.29, 0.717) is 44.6 Å². The molecule has 164 valence electrons. The van der Waals surface area contributed by atoms with Crippen molar-refractivity contribution in [1.82, 2.24) is 24.7 Å². The zero-order valence-corrected chi connectivity index (χ0v) is 18.6. The van der Waals surface area contributed by atoms with Gasteiger partial charge in [0.05, 0.1) is 30.4 Å². The molecule has 1 aromatic carbocycles. The number of fused-ring (bicyclic) bond motifs is 2. The van der Waals surface area contributed by atoms with Gasteiger partial charge in [0.25, 0.3) is 0 Å². The predicted molar refractivity (Wildman–Crippen MR) is 120 cm³/mol. The smallest absolute Gasteiger partial charge is 0.171 e. The lowest BCUT2D eigenvalue weighted by Gasteiger charge is -2.24. The highest BCUT2D eigenvalue weighted by Gasteiger charge is 2.30. The van der Waals surface area contributed by atoms with Crippen molar-refractivity contribution in [3.8, 4) is 17.1 Å². The Labute approximate surface area is 193 Å². The quantitative estimate of drug-likeness (QED) is 0.427. The van der Waals surface area contributed by atoms with Crippen molar-refractivity contribution in [2.75, 3.05) is 6.61 Å². The number of benzene rings is 1. The number of hydrogen-bond acceptors (Lipinski definition) is 6. The van der Waals surface area contributed by atoms with Gasteiger partial charge in [-0.25, -0.2) is 9.97 Å². The number of hydrogen-bond donors (Lipinski definition) is 2. The molecule has 0 fully saturated rings. The number of aliphatic hydroxyl groups is 1. The van der Waals surface area contributed by atoms with Gasteiger partial charge in [-0.2, -0.15) is 5.10 Å². The number of rotatable bonds is 5. The van der Waals surface area contributed by atoms with Crippen molar-refractivity contribution in [1.29, 1.82) is 0 Å². The van der Waals surface area contributed by atoms with Gasteiger partial charge in [0, 0.05) is 34.9 Å². The van der Waals surface area contributed by atoms with Gasteiger partial charge >= 0.3 is 0 Å². The number of nitrogens with one attached hydrogen (secondary N) is 1. The Balaban J connectivity index is 1.55. The second kappa shape index (κ2) is 8.20. The summed E-state index contributed by atoms with van der Waals surface area (Å²) < 4.78 is 7.58.